The SMILES string of the molecule is O=C(Cc1ccc(Br)cc1)N/N=C\c1ccc(-c2cccc(C(F)(F)F)c2)o1. The van der Waals surface area contributed by atoms with Crippen LogP contribution in [-0.4, -0.2) is 12.1 Å². The Kier molecular flexibility index (Phi) is 5.99. The van der Waals surface area contributed by atoms with E-state index in [0.29, 0.717) is 11.3 Å². The van der Waals surface area contributed by atoms with Crippen LogP contribution in [0.15, 0.2) is 74.7 Å². The molecule has 0 bridgehead atoms. The van der Waals surface area contributed by atoms with Crippen LogP contribution in [0.5, 0.6) is 0 Å². The lowest BCUT2D eigenvalue weighted by Gasteiger charge is -2.07. The molecule has 2 aromatic carbocycles. The molecule has 0 fully saturated rings. The van der Waals surface area contributed by atoms with E-state index >= 15 is 0 Å². The fourth-order valence-electron chi connectivity index (χ4n) is 2.42. The fraction of sp³-hybridized carbons (Fsp3) is 0.100. The third-order valence-corrected chi connectivity index (χ3v) is 4.29. The molecule has 1 aromatic heterocycles. The molecular formula is C20H14BrF3N2O2. The van der Waals surface area contributed by atoms with E-state index in [9.17, 15) is 18.0 Å². The van der Waals surface area contributed by atoms with Crippen molar-refractivity contribution < 1.29 is 22.4 Å². The molecule has 3 aromatic rings. The van der Waals surface area contributed by atoms with Crippen LogP contribution in [0.2, 0.25) is 0 Å². The normalized spacial score (nSPS) is 11.7. The number of furan rings is 1. The fourth-order valence-corrected chi connectivity index (χ4v) is 2.69. The van der Waals surface area contributed by atoms with Crippen molar-refractivity contribution in [3.63, 3.8) is 0 Å². The highest BCUT2D eigenvalue weighted by atomic mass is 79.9. The smallest absolute Gasteiger partial charge is 0.416 e. The summed E-state index contributed by atoms with van der Waals surface area (Å²) in [6.45, 7) is 0. The summed E-state index contributed by atoms with van der Waals surface area (Å²) in [5.41, 5.74) is 2.76. The van der Waals surface area contributed by atoms with Crippen molar-refractivity contribution in [3.05, 3.63) is 82.0 Å². The van der Waals surface area contributed by atoms with E-state index in [1.165, 1.54) is 18.3 Å². The topological polar surface area (TPSA) is 54.6 Å². The van der Waals surface area contributed by atoms with Gasteiger partial charge in [-0.3, -0.25) is 4.79 Å². The number of nitrogens with one attached hydrogen (secondary N) is 1. The quantitative estimate of drug-likeness (QED) is 0.416. The van der Waals surface area contributed by atoms with Gasteiger partial charge >= 0.3 is 6.18 Å². The number of hydrogen-bond donors (Lipinski definition) is 1. The van der Waals surface area contributed by atoms with Crippen LogP contribution in [-0.2, 0) is 17.4 Å². The lowest BCUT2D eigenvalue weighted by molar-refractivity contribution is -0.137. The van der Waals surface area contributed by atoms with E-state index in [1.807, 2.05) is 24.3 Å². The second kappa shape index (κ2) is 8.43. The van der Waals surface area contributed by atoms with Crippen molar-refractivity contribution in [3.8, 4) is 11.3 Å². The average Bonchev–Trinajstić information content (AvgIpc) is 3.12. The Morgan fingerprint density at radius 3 is 2.57 bits per heavy atom. The minimum Gasteiger partial charge on any atom is -0.455 e. The van der Waals surface area contributed by atoms with Crippen molar-refractivity contribution in [1.82, 2.24) is 5.43 Å². The van der Waals surface area contributed by atoms with Gasteiger partial charge in [0.05, 0.1) is 18.2 Å². The van der Waals surface area contributed by atoms with E-state index in [4.69, 9.17) is 4.42 Å². The van der Waals surface area contributed by atoms with Crippen LogP contribution < -0.4 is 5.43 Å². The number of nitrogens with zero attached hydrogens (tertiary/aromatic N) is 1. The van der Waals surface area contributed by atoms with Gasteiger partial charge in [-0.25, -0.2) is 5.43 Å². The minimum absolute atomic E-state index is 0.165. The Labute approximate surface area is 167 Å². The Morgan fingerprint density at radius 2 is 1.86 bits per heavy atom. The average molecular weight is 451 g/mol. The van der Waals surface area contributed by atoms with Gasteiger partial charge in [0, 0.05) is 10.0 Å². The first-order chi connectivity index (χ1) is 13.3. The predicted octanol–water partition coefficient (Wildman–Crippen LogP) is 5.42. The number of hydrogen-bond acceptors (Lipinski definition) is 3. The molecule has 1 heterocycles. The lowest BCUT2D eigenvalue weighted by Crippen LogP contribution is -2.19. The summed E-state index contributed by atoms with van der Waals surface area (Å²) in [5, 5.41) is 3.81. The second-order valence-electron chi connectivity index (χ2n) is 5.88. The zero-order chi connectivity index (χ0) is 20.1. The zero-order valence-electron chi connectivity index (χ0n) is 14.3. The molecule has 0 unspecified atom stereocenters. The summed E-state index contributed by atoms with van der Waals surface area (Å²) < 4.78 is 44.8. The third-order valence-electron chi connectivity index (χ3n) is 3.76. The number of rotatable bonds is 5. The number of halogens is 4. The first-order valence-electron chi connectivity index (χ1n) is 8.15. The number of alkyl halides is 3. The molecule has 1 amide bonds. The number of carbonyl (C=O) groups excluding carboxylic acids is 1. The summed E-state index contributed by atoms with van der Waals surface area (Å²) in [5.74, 6) is 0.272. The molecule has 0 aliphatic heterocycles. The Morgan fingerprint density at radius 1 is 1.11 bits per heavy atom. The number of carbonyl (C=O) groups is 1. The first kappa shape index (κ1) is 19.9. The van der Waals surface area contributed by atoms with Crippen LogP contribution >= 0.6 is 15.9 Å². The summed E-state index contributed by atoms with van der Waals surface area (Å²) in [7, 11) is 0. The van der Waals surface area contributed by atoms with Crippen LogP contribution in [0.1, 0.15) is 16.9 Å². The highest BCUT2D eigenvalue weighted by Crippen LogP contribution is 2.32. The molecule has 8 heteroatoms. The maximum absolute atomic E-state index is 12.8. The second-order valence-corrected chi connectivity index (χ2v) is 6.79. The molecule has 4 nitrogen and oxygen atoms in total. The van der Waals surface area contributed by atoms with Gasteiger partial charge in [0.2, 0.25) is 5.91 Å². The molecule has 144 valence electrons. The zero-order valence-corrected chi connectivity index (χ0v) is 15.9. The summed E-state index contributed by atoms with van der Waals surface area (Å²) in [4.78, 5) is 11.9. The van der Waals surface area contributed by atoms with Crippen molar-refractivity contribution >= 4 is 28.1 Å². The minimum atomic E-state index is -4.42. The van der Waals surface area contributed by atoms with Gasteiger partial charge in [0.25, 0.3) is 0 Å². The lowest BCUT2D eigenvalue weighted by atomic mass is 10.1. The highest BCUT2D eigenvalue weighted by Gasteiger charge is 2.30. The van der Waals surface area contributed by atoms with Crippen LogP contribution in [0.4, 0.5) is 13.2 Å². The number of benzene rings is 2. The van der Waals surface area contributed by atoms with Crippen molar-refractivity contribution in [2.75, 3.05) is 0 Å². The largest absolute Gasteiger partial charge is 0.455 e. The molecule has 0 saturated heterocycles. The van der Waals surface area contributed by atoms with Gasteiger partial charge in [-0.15, -0.1) is 0 Å². The maximum Gasteiger partial charge on any atom is 0.416 e. The van der Waals surface area contributed by atoms with Crippen molar-refractivity contribution in [2.45, 2.75) is 12.6 Å². The molecule has 3 rings (SSSR count). The summed E-state index contributed by atoms with van der Waals surface area (Å²) >= 11 is 3.32. The number of hydrazone groups is 1. The monoisotopic (exact) mass is 450 g/mol. The molecule has 0 atom stereocenters. The standard InChI is InChI=1S/C20H14BrF3N2O2/c21-16-6-4-13(5-7-16)10-19(27)26-25-12-17-8-9-18(28-17)14-2-1-3-15(11-14)20(22,23)24/h1-9,11-12H,10H2,(H,26,27)/b25-12-. The highest BCUT2D eigenvalue weighted by molar-refractivity contribution is 9.10. The van der Waals surface area contributed by atoms with Crippen LogP contribution in [0.3, 0.4) is 0 Å². The van der Waals surface area contributed by atoms with Crippen LogP contribution in [0, 0.1) is 0 Å². The molecule has 0 saturated carbocycles. The maximum atomic E-state index is 12.8. The third kappa shape index (κ3) is 5.32. The molecule has 0 radical (unpaired) electrons. The van der Waals surface area contributed by atoms with E-state index in [1.54, 1.807) is 12.1 Å². The van der Waals surface area contributed by atoms with Gasteiger partial charge in [-0.05, 0) is 42.0 Å². The van der Waals surface area contributed by atoms with Gasteiger partial charge < -0.3 is 4.42 Å². The molecule has 1 N–H and O–H groups in total. The molecule has 0 aliphatic rings. The Balaban J connectivity index is 1.61. The van der Waals surface area contributed by atoms with Crippen molar-refractivity contribution in [1.29, 1.82) is 0 Å². The van der Waals surface area contributed by atoms with Crippen molar-refractivity contribution in [2.24, 2.45) is 5.10 Å². The van der Waals surface area contributed by atoms with E-state index in [2.05, 4.69) is 26.5 Å². The summed E-state index contributed by atoms with van der Waals surface area (Å²) in [6.07, 6.45) is -2.97. The van der Waals surface area contributed by atoms with Gasteiger partial charge in [0.1, 0.15) is 11.5 Å². The molecule has 28 heavy (non-hydrogen) atoms. The first-order valence-corrected chi connectivity index (χ1v) is 8.94. The number of amides is 1. The molecular weight excluding hydrogens is 437 g/mol. The Hall–Kier alpha value is -2.87. The van der Waals surface area contributed by atoms with Gasteiger partial charge in [0.15, 0.2) is 0 Å². The van der Waals surface area contributed by atoms with Gasteiger partial charge in [-0.1, -0.05) is 40.2 Å². The van der Waals surface area contributed by atoms with Gasteiger partial charge in [-0.2, -0.15) is 18.3 Å². The van der Waals surface area contributed by atoms with E-state index < -0.39 is 11.7 Å². The van der Waals surface area contributed by atoms with E-state index in [0.717, 1.165) is 22.2 Å². The predicted molar refractivity (Wildman–Crippen MR) is 103 cm³/mol. The summed E-state index contributed by atoms with van der Waals surface area (Å²) in [6, 6.07) is 15.3. The molecule has 0 spiro atoms. The van der Waals surface area contributed by atoms with Crippen LogP contribution in [0.25, 0.3) is 11.3 Å². The Bertz CT molecular complexity index is 995. The van der Waals surface area contributed by atoms with E-state index in [-0.39, 0.29) is 18.1 Å². The molecule has 0 aliphatic carbocycles.